The summed E-state index contributed by atoms with van der Waals surface area (Å²) in [4.78, 5) is 40.6. The van der Waals surface area contributed by atoms with Crippen molar-refractivity contribution < 1.29 is 24.0 Å². The molecule has 1 aromatic rings. The highest BCUT2D eigenvalue weighted by atomic mass is 16.6. The lowest BCUT2D eigenvalue weighted by atomic mass is 9.97. The van der Waals surface area contributed by atoms with Crippen LogP contribution in [0.25, 0.3) is 5.57 Å². The maximum absolute atomic E-state index is 12.4. The molecule has 0 N–H and O–H groups in total. The summed E-state index contributed by atoms with van der Waals surface area (Å²) >= 11 is 0. The van der Waals surface area contributed by atoms with Crippen LogP contribution in [0, 0.1) is 10.1 Å². The summed E-state index contributed by atoms with van der Waals surface area (Å²) in [5.74, 6) is -0.475. The van der Waals surface area contributed by atoms with Crippen LogP contribution in [-0.4, -0.2) is 52.2 Å². The first-order chi connectivity index (χ1) is 12.6. The summed E-state index contributed by atoms with van der Waals surface area (Å²) < 4.78 is 10.5. The second kappa shape index (κ2) is 8.15. The van der Waals surface area contributed by atoms with Gasteiger partial charge in [0.15, 0.2) is 0 Å². The molecule has 1 amide bonds. The van der Waals surface area contributed by atoms with E-state index in [-0.39, 0.29) is 25.3 Å². The zero-order valence-corrected chi connectivity index (χ0v) is 15.9. The largest absolute Gasteiger partial charge is 0.463 e. The van der Waals surface area contributed by atoms with Gasteiger partial charge < -0.3 is 14.4 Å². The van der Waals surface area contributed by atoms with E-state index in [0.29, 0.717) is 23.4 Å². The molecule has 2 rings (SSSR count). The number of nitrogens with zero attached hydrogens (tertiary/aromatic N) is 3. The van der Waals surface area contributed by atoms with Crippen LogP contribution in [0.2, 0.25) is 0 Å². The Morgan fingerprint density at radius 2 is 2.04 bits per heavy atom. The Morgan fingerprint density at radius 3 is 2.56 bits per heavy atom. The van der Waals surface area contributed by atoms with Crippen molar-refractivity contribution in [3.8, 4) is 0 Å². The quantitative estimate of drug-likeness (QED) is 0.450. The molecular formula is C18H23N3O6. The van der Waals surface area contributed by atoms with E-state index in [1.165, 1.54) is 17.0 Å². The highest BCUT2D eigenvalue weighted by Crippen LogP contribution is 2.28. The van der Waals surface area contributed by atoms with Gasteiger partial charge in [-0.3, -0.25) is 10.1 Å². The molecule has 0 aliphatic carbocycles. The maximum Gasteiger partial charge on any atom is 0.410 e. The fraction of sp³-hybridized carbons (Fsp3) is 0.500. The zero-order chi connectivity index (χ0) is 20.2. The lowest BCUT2D eigenvalue weighted by Gasteiger charge is -2.32. The van der Waals surface area contributed by atoms with Gasteiger partial charge in [-0.2, -0.15) is 0 Å². The Kier molecular flexibility index (Phi) is 6.14. The monoisotopic (exact) mass is 377 g/mol. The van der Waals surface area contributed by atoms with Gasteiger partial charge in [0, 0.05) is 23.8 Å². The number of aromatic nitrogens is 1. The minimum absolute atomic E-state index is 0.105. The topological polar surface area (TPSA) is 112 Å². The smallest absolute Gasteiger partial charge is 0.410 e. The van der Waals surface area contributed by atoms with Gasteiger partial charge in [0.25, 0.3) is 5.69 Å². The van der Waals surface area contributed by atoms with Crippen LogP contribution in [0.1, 0.15) is 39.8 Å². The first kappa shape index (κ1) is 20.3. The lowest BCUT2D eigenvalue weighted by molar-refractivity contribution is -0.385. The molecule has 0 spiro atoms. The SMILES string of the molecule is CCOC(=O)C1=C(c2ccc([N+](=O)[O-])cn2)CN(C(=O)OC(C)(C)C)CC1. The first-order valence-corrected chi connectivity index (χ1v) is 8.60. The normalized spacial score (nSPS) is 14.7. The number of pyridine rings is 1. The summed E-state index contributed by atoms with van der Waals surface area (Å²) in [6, 6.07) is 2.77. The van der Waals surface area contributed by atoms with Gasteiger partial charge in [0.1, 0.15) is 11.8 Å². The lowest BCUT2D eigenvalue weighted by Crippen LogP contribution is -2.41. The number of carbonyl (C=O) groups excluding carboxylic acids is 2. The highest BCUT2D eigenvalue weighted by Gasteiger charge is 2.31. The van der Waals surface area contributed by atoms with Gasteiger partial charge in [0.2, 0.25) is 0 Å². The third-order valence-electron chi connectivity index (χ3n) is 3.79. The fourth-order valence-electron chi connectivity index (χ4n) is 2.60. The number of hydrogen-bond acceptors (Lipinski definition) is 7. The van der Waals surface area contributed by atoms with Gasteiger partial charge in [-0.15, -0.1) is 0 Å². The second-order valence-electron chi connectivity index (χ2n) is 6.99. The fourth-order valence-corrected chi connectivity index (χ4v) is 2.60. The van der Waals surface area contributed by atoms with Crippen LogP contribution in [0.5, 0.6) is 0 Å². The van der Waals surface area contributed by atoms with Crippen molar-refractivity contribution in [3.63, 3.8) is 0 Å². The molecule has 1 aliphatic heterocycles. The van der Waals surface area contributed by atoms with Crippen molar-refractivity contribution in [1.82, 2.24) is 9.88 Å². The van der Waals surface area contributed by atoms with E-state index >= 15 is 0 Å². The van der Waals surface area contributed by atoms with Crippen molar-refractivity contribution in [2.24, 2.45) is 0 Å². The predicted molar refractivity (Wildman–Crippen MR) is 96.9 cm³/mol. The van der Waals surface area contributed by atoms with Crippen LogP contribution in [0.15, 0.2) is 23.9 Å². The predicted octanol–water partition coefficient (Wildman–Crippen LogP) is 2.95. The Labute approximate surface area is 157 Å². The number of ether oxygens (including phenoxy) is 2. The highest BCUT2D eigenvalue weighted by molar-refractivity contribution is 5.98. The Balaban J connectivity index is 2.36. The van der Waals surface area contributed by atoms with E-state index in [4.69, 9.17) is 9.47 Å². The molecule has 146 valence electrons. The molecule has 2 heterocycles. The van der Waals surface area contributed by atoms with Crippen LogP contribution in [0.4, 0.5) is 10.5 Å². The molecule has 0 fully saturated rings. The van der Waals surface area contributed by atoms with Gasteiger partial charge >= 0.3 is 12.1 Å². The molecule has 0 aromatic carbocycles. The standard InChI is InChI=1S/C18H23N3O6/c1-5-26-16(22)13-8-9-20(17(23)27-18(2,3)4)11-14(13)15-7-6-12(10-19-15)21(24)25/h6-7,10H,5,8-9,11H2,1-4H3. The molecule has 1 aliphatic rings. The Bertz CT molecular complexity index is 764. The average Bonchev–Trinajstić information content (AvgIpc) is 2.60. The number of rotatable bonds is 4. The van der Waals surface area contributed by atoms with E-state index in [9.17, 15) is 19.7 Å². The average molecular weight is 377 g/mol. The number of hydrogen-bond donors (Lipinski definition) is 0. The van der Waals surface area contributed by atoms with Crippen molar-refractivity contribution >= 4 is 23.3 Å². The Hall–Kier alpha value is -2.97. The van der Waals surface area contributed by atoms with Crippen LogP contribution < -0.4 is 0 Å². The summed E-state index contributed by atoms with van der Waals surface area (Å²) in [7, 11) is 0. The number of esters is 1. The molecule has 0 saturated heterocycles. The van der Waals surface area contributed by atoms with Gasteiger partial charge in [-0.1, -0.05) is 0 Å². The van der Waals surface area contributed by atoms with Gasteiger partial charge in [0.05, 0.1) is 23.8 Å². The van der Waals surface area contributed by atoms with Crippen molar-refractivity contribution in [3.05, 3.63) is 39.7 Å². The van der Waals surface area contributed by atoms with E-state index in [2.05, 4.69) is 4.98 Å². The number of nitro groups is 1. The minimum Gasteiger partial charge on any atom is -0.463 e. The molecule has 0 radical (unpaired) electrons. The number of amides is 1. The number of carbonyl (C=O) groups is 2. The zero-order valence-electron chi connectivity index (χ0n) is 15.9. The van der Waals surface area contributed by atoms with E-state index in [0.717, 1.165) is 6.20 Å². The summed E-state index contributed by atoms with van der Waals surface area (Å²) in [5, 5.41) is 10.8. The molecule has 9 heteroatoms. The van der Waals surface area contributed by atoms with Crippen molar-refractivity contribution in [2.75, 3.05) is 19.7 Å². The van der Waals surface area contributed by atoms with Gasteiger partial charge in [-0.25, -0.2) is 14.6 Å². The third-order valence-corrected chi connectivity index (χ3v) is 3.79. The molecular weight excluding hydrogens is 354 g/mol. The summed E-state index contributed by atoms with van der Waals surface area (Å²) in [6.07, 6.45) is 0.911. The van der Waals surface area contributed by atoms with Crippen molar-refractivity contribution in [1.29, 1.82) is 0 Å². The third kappa shape index (κ3) is 5.25. The molecule has 0 bridgehead atoms. The molecule has 1 aromatic heterocycles. The second-order valence-corrected chi connectivity index (χ2v) is 6.99. The summed E-state index contributed by atoms with van der Waals surface area (Å²) in [6.45, 7) is 7.65. The Morgan fingerprint density at radius 1 is 1.33 bits per heavy atom. The molecule has 0 saturated carbocycles. The maximum atomic E-state index is 12.4. The summed E-state index contributed by atoms with van der Waals surface area (Å²) in [5.41, 5.74) is 0.501. The first-order valence-electron chi connectivity index (χ1n) is 8.60. The van der Waals surface area contributed by atoms with Crippen molar-refractivity contribution in [2.45, 2.75) is 39.7 Å². The van der Waals surface area contributed by atoms with Crippen LogP contribution in [0.3, 0.4) is 0 Å². The van der Waals surface area contributed by atoms with E-state index in [1.54, 1.807) is 27.7 Å². The van der Waals surface area contributed by atoms with E-state index < -0.39 is 22.6 Å². The van der Waals surface area contributed by atoms with Crippen LogP contribution >= 0.6 is 0 Å². The molecule has 0 atom stereocenters. The minimum atomic E-state index is -0.645. The van der Waals surface area contributed by atoms with Gasteiger partial charge in [-0.05, 0) is 40.2 Å². The molecule has 9 nitrogen and oxygen atoms in total. The van der Waals surface area contributed by atoms with E-state index in [1.807, 2.05) is 0 Å². The molecule has 0 unspecified atom stereocenters. The van der Waals surface area contributed by atoms with Crippen LogP contribution in [-0.2, 0) is 14.3 Å². The molecule has 27 heavy (non-hydrogen) atoms.